The van der Waals surface area contributed by atoms with Gasteiger partial charge in [0, 0.05) is 44.5 Å². The lowest BCUT2D eigenvalue weighted by Crippen LogP contribution is -2.57. The second-order valence-electron chi connectivity index (χ2n) is 9.53. The number of morpholine rings is 1. The van der Waals surface area contributed by atoms with E-state index in [1.165, 1.54) is 0 Å². The zero-order valence-electron chi connectivity index (χ0n) is 18.7. The van der Waals surface area contributed by atoms with Crippen molar-refractivity contribution in [2.75, 3.05) is 46.9 Å². The van der Waals surface area contributed by atoms with Gasteiger partial charge in [-0.15, -0.1) is 0 Å². The first kappa shape index (κ1) is 22.7. The number of carbonyl (C=O) groups is 3. The Morgan fingerprint density at radius 3 is 2.66 bits per heavy atom. The molecule has 0 bridgehead atoms. The maximum absolute atomic E-state index is 13.2. The molecule has 1 aromatic rings. The molecule has 2 N–H and O–H groups in total. The highest BCUT2D eigenvalue weighted by atomic mass is 16.5. The number of hydrogen-bond donors (Lipinski definition) is 2. The molecule has 6 atom stereocenters. The van der Waals surface area contributed by atoms with Crippen molar-refractivity contribution in [2.45, 2.75) is 31.4 Å². The average molecular weight is 448 g/mol. The number of rotatable bonds is 4. The molecule has 2 saturated carbocycles. The van der Waals surface area contributed by atoms with Crippen molar-refractivity contribution < 1.29 is 24.2 Å². The molecule has 10 nitrogen and oxygen atoms in total. The quantitative estimate of drug-likeness (QED) is 0.641. The van der Waals surface area contributed by atoms with E-state index in [9.17, 15) is 9.59 Å². The van der Waals surface area contributed by atoms with E-state index in [4.69, 9.17) is 14.6 Å². The van der Waals surface area contributed by atoms with Crippen LogP contribution < -0.4 is 0 Å². The molecule has 32 heavy (non-hydrogen) atoms. The average Bonchev–Trinajstić information content (AvgIpc) is 3.20. The van der Waals surface area contributed by atoms with Crippen LogP contribution in [0.2, 0.25) is 0 Å². The first-order chi connectivity index (χ1) is 15.4. The van der Waals surface area contributed by atoms with Gasteiger partial charge in [0.25, 0.3) is 12.4 Å². The molecule has 176 valence electrons. The number of carboxylic acid groups (broad SMARTS) is 1. The summed E-state index contributed by atoms with van der Waals surface area (Å²) in [5, 5.41) is 6.89. The highest BCUT2D eigenvalue weighted by Crippen LogP contribution is 2.52. The number of nitrogens with zero attached hydrogens (tertiary/aromatic N) is 4. The maximum atomic E-state index is 13.2. The van der Waals surface area contributed by atoms with Gasteiger partial charge in [0.15, 0.2) is 5.82 Å². The van der Waals surface area contributed by atoms with Crippen LogP contribution in [0.5, 0.6) is 0 Å². The fourth-order valence-corrected chi connectivity index (χ4v) is 5.88. The van der Waals surface area contributed by atoms with Gasteiger partial charge in [0.05, 0.1) is 18.8 Å². The minimum Gasteiger partial charge on any atom is -0.483 e. The Kier molecular flexibility index (Phi) is 6.80. The number of fused-ring (bicyclic) bond motifs is 2. The largest absolute Gasteiger partial charge is 0.483 e. The Bertz CT molecular complexity index is 804. The molecule has 4 fully saturated rings. The molecular formula is C22H33N5O5. The molecule has 5 rings (SSSR count). The summed E-state index contributed by atoms with van der Waals surface area (Å²) < 4.78 is 5.95. The number of carbonyl (C=O) groups excluding carboxylic acids is 2. The van der Waals surface area contributed by atoms with E-state index >= 15 is 0 Å². The Morgan fingerprint density at radius 1 is 1.31 bits per heavy atom. The fraction of sp³-hybridized carbons (Fsp3) is 0.727. The van der Waals surface area contributed by atoms with Gasteiger partial charge in [-0.05, 0) is 51.1 Å². The number of aromatic amines is 1. The number of aromatic nitrogens is 2. The van der Waals surface area contributed by atoms with E-state index in [1.54, 1.807) is 12.4 Å². The Hall–Kier alpha value is -2.46. The summed E-state index contributed by atoms with van der Waals surface area (Å²) >= 11 is 0. The van der Waals surface area contributed by atoms with Crippen LogP contribution in [0, 0.1) is 23.7 Å². The highest BCUT2D eigenvalue weighted by Gasteiger charge is 2.57. The lowest BCUT2D eigenvalue weighted by molar-refractivity contribution is -0.141. The zero-order valence-corrected chi connectivity index (χ0v) is 18.7. The molecule has 1 aromatic heterocycles. The number of imidazole rings is 1. The number of H-pyrrole nitrogens is 1. The Morgan fingerprint density at radius 2 is 2.03 bits per heavy atom. The number of ether oxygens (including phenoxy) is 1. The normalized spacial score (nSPS) is 33.1. The van der Waals surface area contributed by atoms with Crippen molar-refractivity contribution in [3.05, 3.63) is 18.2 Å². The van der Waals surface area contributed by atoms with Crippen molar-refractivity contribution in [1.82, 2.24) is 24.7 Å². The fourth-order valence-electron chi connectivity index (χ4n) is 5.88. The van der Waals surface area contributed by atoms with E-state index in [0.29, 0.717) is 37.2 Å². The molecule has 2 aliphatic carbocycles. The molecular weight excluding hydrogens is 414 g/mol. The van der Waals surface area contributed by atoms with Gasteiger partial charge >= 0.3 is 0 Å². The molecule has 0 spiro atoms. The summed E-state index contributed by atoms with van der Waals surface area (Å²) in [6.45, 7) is 3.82. The SMILES string of the molecule is CN(C)CC1[C@H]2CN(C(=O)[C@H]3CC[C@H]4OCCN(C(=O)c5ncc[nH]5)[C@@H]4C3)C[C@@H]12.O=CO. The van der Waals surface area contributed by atoms with Crippen molar-refractivity contribution in [3.63, 3.8) is 0 Å². The summed E-state index contributed by atoms with van der Waals surface area (Å²) in [7, 11) is 4.24. The van der Waals surface area contributed by atoms with E-state index < -0.39 is 0 Å². The molecule has 2 aliphatic heterocycles. The van der Waals surface area contributed by atoms with Gasteiger partial charge in [-0.25, -0.2) is 4.98 Å². The van der Waals surface area contributed by atoms with Crippen LogP contribution in [0.3, 0.4) is 0 Å². The molecule has 2 saturated heterocycles. The second-order valence-corrected chi connectivity index (χ2v) is 9.53. The Balaban J connectivity index is 0.000000775. The second kappa shape index (κ2) is 9.58. The van der Waals surface area contributed by atoms with Crippen LogP contribution in [0.1, 0.15) is 29.9 Å². The van der Waals surface area contributed by atoms with Crippen molar-refractivity contribution in [2.24, 2.45) is 23.7 Å². The highest BCUT2D eigenvalue weighted by molar-refractivity contribution is 5.91. The van der Waals surface area contributed by atoms with Gasteiger partial charge in [0.1, 0.15) is 0 Å². The van der Waals surface area contributed by atoms with E-state index in [-0.39, 0.29) is 36.4 Å². The van der Waals surface area contributed by atoms with Gasteiger partial charge in [0.2, 0.25) is 5.91 Å². The number of nitrogens with one attached hydrogen (secondary N) is 1. The van der Waals surface area contributed by atoms with Crippen LogP contribution in [-0.2, 0) is 14.3 Å². The van der Waals surface area contributed by atoms with E-state index in [2.05, 4.69) is 33.9 Å². The first-order valence-electron chi connectivity index (χ1n) is 11.4. The number of amides is 2. The van der Waals surface area contributed by atoms with Crippen LogP contribution in [0.15, 0.2) is 12.4 Å². The van der Waals surface area contributed by atoms with Gasteiger partial charge in [-0.1, -0.05) is 0 Å². The minimum atomic E-state index is -0.250. The van der Waals surface area contributed by atoms with Crippen molar-refractivity contribution >= 4 is 18.3 Å². The number of likely N-dealkylation sites (tertiary alicyclic amines) is 1. The molecule has 3 heterocycles. The summed E-state index contributed by atoms with van der Waals surface area (Å²) in [6, 6.07) is -0.0392. The zero-order chi connectivity index (χ0) is 22.8. The number of piperidine rings is 1. The third-order valence-electron chi connectivity index (χ3n) is 7.39. The summed E-state index contributed by atoms with van der Waals surface area (Å²) in [5.41, 5.74) is 0. The Labute approximate surface area is 187 Å². The van der Waals surface area contributed by atoms with Crippen molar-refractivity contribution in [1.29, 1.82) is 0 Å². The summed E-state index contributed by atoms with van der Waals surface area (Å²) in [6.07, 6.45) is 5.69. The smallest absolute Gasteiger partial charge is 0.290 e. The first-order valence-corrected chi connectivity index (χ1v) is 11.4. The molecule has 10 heteroatoms. The predicted octanol–water partition coefficient (Wildman–Crippen LogP) is 0.386. The maximum Gasteiger partial charge on any atom is 0.290 e. The topological polar surface area (TPSA) is 119 Å². The molecule has 2 amide bonds. The predicted molar refractivity (Wildman–Crippen MR) is 115 cm³/mol. The van der Waals surface area contributed by atoms with Crippen LogP contribution in [-0.4, -0.2) is 107 Å². The van der Waals surface area contributed by atoms with Gasteiger partial charge < -0.3 is 29.5 Å². The van der Waals surface area contributed by atoms with Gasteiger partial charge in [-0.3, -0.25) is 14.4 Å². The third kappa shape index (κ3) is 4.52. The van der Waals surface area contributed by atoms with Crippen LogP contribution in [0.25, 0.3) is 0 Å². The molecule has 0 radical (unpaired) electrons. The van der Waals surface area contributed by atoms with Crippen molar-refractivity contribution in [3.8, 4) is 0 Å². The summed E-state index contributed by atoms with van der Waals surface area (Å²) in [5.74, 6) is 2.70. The minimum absolute atomic E-state index is 0.00495. The lowest BCUT2D eigenvalue weighted by Gasteiger charge is -2.45. The summed E-state index contributed by atoms with van der Waals surface area (Å²) in [4.78, 5) is 47.7. The molecule has 1 unspecified atom stereocenters. The monoisotopic (exact) mass is 447 g/mol. The van der Waals surface area contributed by atoms with E-state index in [1.807, 2.05) is 4.90 Å². The number of hydrogen-bond acceptors (Lipinski definition) is 6. The standard InChI is InChI=1S/C21H31N5O3.CH2O2/c1-24(2)10-14-15-11-25(12-16(14)15)20(27)13-3-4-18-17(9-13)26(7-8-29-18)21(28)19-22-5-6-23-19;2-1-3/h5-6,13-18H,3-4,7-12H2,1-2H3,(H,22,23);1H,(H,2,3)/t13-,14?,15-,16+,17+,18+;/m0./s1. The van der Waals surface area contributed by atoms with Gasteiger partial charge in [-0.2, -0.15) is 0 Å². The lowest BCUT2D eigenvalue weighted by atomic mass is 9.81. The van der Waals surface area contributed by atoms with E-state index in [0.717, 1.165) is 38.4 Å². The van der Waals surface area contributed by atoms with Crippen LogP contribution >= 0.6 is 0 Å². The van der Waals surface area contributed by atoms with Crippen LogP contribution in [0.4, 0.5) is 0 Å². The molecule has 4 aliphatic rings. The molecule has 0 aromatic carbocycles. The third-order valence-corrected chi connectivity index (χ3v) is 7.39.